The van der Waals surface area contributed by atoms with Crippen molar-refractivity contribution in [3.63, 3.8) is 0 Å². The predicted octanol–water partition coefficient (Wildman–Crippen LogP) is -0.634. The Morgan fingerprint density at radius 2 is 1.45 bits per heavy atom. The van der Waals surface area contributed by atoms with Crippen molar-refractivity contribution in [1.82, 2.24) is 0 Å². The number of rotatable bonds is 1. The molecule has 0 saturated carbocycles. The first-order chi connectivity index (χ1) is 5.00. The molecule has 0 saturated heterocycles. The third kappa shape index (κ3) is 2.13. The average molecular weight is 175 g/mol. The van der Waals surface area contributed by atoms with Crippen molar-refractivity contribution in [1.29, 1.82) is 0 Å². The quantitative estimate of drug-likeness (QED) is 0.338. The van der Waals surface area contributed by atoms with E-state index >= 15 is 0 Å². The van der Waals surface area contributed by atoms with Gasteiger partial charge in [0.2, 0.25) is 0 Å². The van der Waals surface area contributed by atoms with E-state index in [1.165, 1.54) is 24.3 Å². The molecule has 0 unspecified atom stereocenters. The Morgan fingerprint density at radius 3 is 1.82 bits per heavy atom. The zero-order valence-electron chi connectivity index (χ0n) is 5.73. The fourth-order valence-electron chi connectivity index (χ4n) is 0.707. The molecule has 11 heavy (non-hydrogen) atoms. The third-order valence-corrected chi connectivity index (χ3v) is 2.41. The Morgan fingerprint density at radius 1 is 1.00 bits per heavy atom. The number of nitrogens with two attached hydrogens (primary N) is 1. The minimum absolute atomic E-state index is 0.131. The maximum atomic E-state index is 8.79. The van der Waals surface area contributed by atoms with Crippen molar-refractivity contribution in [3.05, 3.63) is 24.3 Å². The molecular weight excluding hydrogens is 165 g/mol. The average Bonchev–Trinajstić information content (AvgIpc) is 1.86. The number of benzene rings is 1. The van der Waals surface area contributed by atoms with Crippen LogP contribution in [0.1, 0.15) is 0 Å². The number of hydrogen-bond acceptors (Lipinski definition) is 4. The summed E-state index contributed by atoms with van der Waals surface area (Å²) in [5.74, 6) is 0. The molecule has 0 bridgehead atoms. The molecule has 0 aliphatic rings. The van der Waals surface area contributed by atoms with Crippen LogP contribution in [0.5, 0.6) is 0 Å². The molecule has 4 nitrogen and oxygen atoms in total. The van der Waals surface area contributed by atoms with Crippen molar-refractivity contribution in [3.8, 4) is 0 Å². The summed E-state index contributed by atoms with van der Waals surface area (Å²) in [6.07, 6.45) is 0. The summed E-state index contributed by atoms with van der Waals surface area (Å²) in [4.78, 5) is 26.4. The first-order valence-corrected chi connectivity index (χ1v) is 4.87. The summed E-state index contributed by atoms with van der Waals surface area (Å²) in [7, 11) is -4.11. The first kappa shape index (κ1) is 8.43. The van der Waals surface area contributed by atoms with E-state index in [-0.39, 0.29) is 5.30 Å². The van der Waals surface area contributed by atoms with Crippen molar-refractivity contribution in [2.24, 2.45) is 0 Å². The summed E-state index contributed by atoms with van der Waals surface area (Å²) >= 11 is 0. The van der Waals surface area contributed by atoms with Gasteiger partial charge in [0.05, 0.1) is 0 Å². The van der Waals surface area contributed by atoms with Gasteiger partial charge in [0.1, 0.15) is 0 Å². The van der Waals surface area contributed by atoms with E-state index in [0.717, 1.165) is 0 Å². The predicted molar refractivity (Wildman–Crippen MR) is 45.5 cm³/mol. The van der Waals surface area contributed by atoms with Crippen LogP contribution in [0.3, 0.4) is 0 Å². The molecular formula is C6H10NO3P. The summed E-state index contributed by atoms with van der Waals surface area (Å²) in [5.41, 5.74) is 5.86. The van der Waals surface area contributed by atoms with E-state index in [9.17, 15) is 0 Å². The second kappa shape index (κ2) is 2.75. The second-order valence-corrected chi connectivity index (χ2v) is 4.11. The molecule has 0 spiro atoms. The summed E-state index contributed by atoms with van der Waals surface area (Å²) in [5, 5.41) is 0.131. The zero-order valence-corrected chi connectivity index (χ0v) is 6.73. The molecule has 1 rings (SSSR count). The summed E-state index contributed by atoms with van der Waals surface area (Å²) in [6, 6.07) is 5.78. The zero-order chi connectivity index (χ0) is 8.48. The molecule has 1 aromatic carbocycles. The normalized spacial score (nSPS) is 13.0. The van der Waals surface area contributed by atoms with E-state index in [1.54, 1.807) is 0 Å². The SMILES string of the molecule is Nc1ccc([PH](O)(O)O)cc1. The van der Waals surface area contributed by atoms with Gasteiger partial charge in [-0.1, -0.05) is 0 Å². The van der Waals surface area contributed by atoms with Crippen LogP contribution in [-0.2, 0) is 0 Å². The molecule has 0 aliphatic carbocycles. The van der Waals surface area contributed by atoms with Gasteiger partial charge in [-0.05, 0) is 0 Å². The molecule has 0 heterocycles. The molecule has 62 valence electrons. The Bertz CT molecular complexity index is 241. The monoisotopic (exact) mass is 175 g/mol. The van der Waals surface area contributed by atoms with Crippen molar-refractivity contribution in [2.45, 2.75) is 0 Å². The van der Waals surface area contributed by atoms with Crippen LogP contribution in [0.4, 0.5) is 5.69 Å². The van der Waals surface area contributed by atoms with Gasteiger partial charge in [0, 0.05) is 0 Å². The molecule has 5 heteroatoms. The van der Waals surface area contributed by atoms with Gasteiger partial charge in [-0.15, -0.1) is 0 Å². The van der Waals surface area contributed by atoms with Gasteiger partial charge >= 0.3 is 63.6 Å². The molecule has 1 aromatic rings. The van der Waals surface area contributed by atoms with Crippen LogP contribution < -0.4 is 11.0 Å². The molecule has 0 aliphatic heterocycles. The van der Waals surface area contributed by atoms with Crippen molar-refractivity contribution in [2.75, 3.05) is 5.73 Å². The Balaban J connectivity index is 2.99. The fourth-order valence-corrected chi connectivity index (χ4v) is 1.32. The Kier molecular flexibility index (Phi) is 2.11. The van der Waals surface area contributed by atoms with E-state index in [1.807, 2.05) is 0 Å². The molecule has 0 aromatic heterocycles. The topological polar surface area (TPSA) is 86.7 Å². The van der Waals surface area contributed by atoms with Gasteiger partial charge in [-0.25, -0.2) is 0 Å². The molecule has 0 atom stereocenters. The van der Waals surface area contributed by atoms with Crippen LogP contribution in [0.2, 0.25) is 0 Å². The third-order valence-electron chi connectivity index (χ3n) is 1.30. The molecule has 0 fully saturated rings. The Labute approximate surface area is 64.5 Å². The number of nitrogen functional groups attached to an aromatic ring is 1. The van der Waals surface area contributed by atoms with E-state index in [4.69, 9.17) is 20.4 Å². The van der Waals surface area contributed by atoms with E-state index < -0.39 is 7.94 Å². The minimum atomic E-state index is -4.11. The van der Waals surface area contributed by atoms with E-state index in [0.29, 0.717) is 5.69 Å². The molecule has 5 N–H and O–H groups in total. The maximum absolute atomic E-state index is 8.79. The number of anilines is 1. The van der Waals surface area contributed by atoms with Crippen LogP contribution in [0.15, 0.2) is 24.3 Å². The van der Waals surface area contributed by atoms with Crippen molar-refractivity contribution < 1.29 is 14.7 Å². The van der Waals surface area contributed by atoms with Crippen molar-refractivity contribution >= 4 is 18.9 Å². The molecule has 0 amide bonds. The summed E-state index contributed by atoms with van der Waals surface area (Å²) < 4.78 is 0. The first-order valence-electron chi connectivity index (χ1n) is 3.03. The molecule has 0 radical (unpaired) electrons. The van der Waals surface area contributed by atoms with Crippen LogP contribution in [0.25, 0.3) is 0 Å². The Hall–Kier alpha value is -0.670. The van der Waals surface area contributed by atoms with Crippen LogP contribution >= 0.6 is 7.94 Å². The van der Waals surface area contributed by atoms with Gasteiger partial charge in [-0.2, -0.15) is 0 Å². The van der Waals surface area contributed by atoms with Gasteiger partial charge in [0.25, 0.3) is 0 Å². The summed E-state index contributed by atoms with van der Waals surface area (Å²) in [6.45, 7) is 0. The van der Waals surface area contributed by atoms with Gasteiger partial charge in [0.15, 0.2) is 0 Å². The fraction of sp³-hybridized carbons (Fsp3) is 0. The van der Waals surface area contributed by atoms with E-state index in [2.05, 4.69) is 0 Å². The van der Waals surface area contributed by atoms with Crippen LogP contribution in [0, 0.1) is 0 Å². The van der Waals surface area contributed by atoms with Crippen LogP contribution in [-0.4, -0.2) is 14.7 Å². The second-order valence-electron chi connectivity index (χ2n) is 2.26. The number of hydrogen-bond donors (Lipinski definition) is 4. The van der Waals surface area contributed by atoms with Gasteiger partial charge in [-0.3, -0.25) is 0 Å². The standard InChI is InChI=1S/C6H10NO3P/c7-5-1-3-6(4-2-5)11(8,9)10/h1-4,8-11H,7H2. The van der Waals surface area contributed by atoms with Gasteiger partial charge < -0.3 is 0 Å².